The van der Waals surface area contributed by atoms with Crippen LogP contribution in [0.5, 0.6) is 5.75 Å². The summed E-state index contributed by atoms with van der Waals surface area (Å²) in [4.78, 5) is 0. The molecule has 4 nitrogen and oxygen atoms in total. The van der Waals surface area contributed by atoms with Crippen molar-refractivity contribution in [3.63, 3.8) is 0 Å². The average molecular weight is 295 g/mol. The summed E-state index contributed by atoms with van der Waals surface area (Å²) in [5.74, 6) is 1.04. The highest BCUT2D eigenvalue weighted by Crippen LogP contribution is 2.24. The number of hydrogen-bond donors (Lipinski definition) is 2. The fourth-order valence-electron chi connectivity index (χ4n) is 2.02. The first-order valence-electron chi connectivity index (χ1n) is 7.43. The summed E-state index contributed by atoms with van der Waals surface area (Å²) < 4.78 is 10.5. The van der Waals surface area contributed by atoms with Crippen LogP contribution in [0.4, 0.5) is 0 Å². The second-order valence-corrected chi connectivity index (χ2v) is 6.12. The molecule has 2 unspecified atom stereocenters. The smallest absolute Gasteiger partial charge is 0.124 e. The van der Waals surface area contributed by atoms with Crippen molar-refractivity contribution in [1.29, 1.82) is 0 Å². The zero-order chi connectivity index (χ0) is 16.0. The van der Waals surface area contributed by atoms with Gasteiger partial charge in [-0.25, -0.2) is 0 Å². The molecule has 0 fully saturated rings. The van der Waals surface area contributed by atoms with Gasteiger partial charge in [0.2, 0.25) is 0 Å². The third kappa shape index (κ3) is 4.99. The summed E-state index contributed by atoms with van der Waals surface area (Å²) in [6.45, 7) is 9.08. The third-order valence-electron chi connectivity index (χ3n) is 4.11. The van der Waals surface area contributed by atoms with Crippen LogP contribution in [0.15, 0.2) is 18.2 Å². The molecule has 0 aromatic heterocycles. The minimum absolute atomic E-state index is 0.150. The van der Waals surface area contributed by atoms with Crippen LogP contribution in [0.2, 0.25) is 0 Å². The molecule has 0 saturated heterocycles. The van der Waals surface area contributed by atoms with Gasteiger partial charge in [0.1, 0.15) is 5.75 Å². The van der Waals surface area contributed by atoms with Gasteiger partial charge in [0, 0.05) is 25.3 Å². The van der Waals surface area contributed by atoms with Gasteiger partial charge in [-0.15, -0.1) is 0 Å². The highest BCUT2D eigenvalue weighted by molar-refractivity contribution is 5.38. The number of aliphatic hydroxyl groups is 1. The molecule has 4 heteroatoms. The molecular weight excluding hydrogens is 266 g/mol. The molecule has 1 aromatic rings. The van der Waals surface area contributed by atoms with Gasteiger partial charge in [-0.2, -0.15) is 0 Å². The first-order valence-corrected chi connectivity index (χ1v) is 7.43. The third-order valence-corrected chi connectivity index (χ3v) is 4.11. The van der Waals surface area contributed by atoms with Crippen LogP contribution in [0, 0.1) is 5.92 Å². The van der Waals surface area contributed by atoms with Gasteiger partial charge < -0.3 is 19.9 Å². The number of ether oxygens (including phenoxy) is 2. The van der Waals surface area contributed by atoms with E-state index in [2.05, 4.69) is 18.3 Å². The standard InChI is InChI=1S/C17H29NO3/c1-12(2)17(4,19)11-18-13(3)14-7-8-16(21-6)15(9-14)10-20-5/h7-9,12-13,18-19H,10-11H2,1-6H3. The Kier molecular flexibility index (Phi) is 6.65. The van der Waals surface area contributed by atoms with Gasteiger partial charge in [-0.05, 0) is 37.5 Å². The van der Waals surface area contributed by atoms with Crippen LogP contribution in [-0.2, 0) is 11.3 Å². The monoisotopic (exact) mass is 295 g/mol. The van der Waals surface area contributed by atoms with Gasteiger partial charge in [0.05, 0.1) is 19.3 Å². The van der Waals surface area contributed by atoms with E-state index >= 15 is 0 Å². The second kappa shape index (κ2) is 7.78. The average Bonchev–Trinajstić information content (AvgIpc) is 2.45. The predicted octanol–water partition coefficient (Wildman–Crippen LogP) is 2.90. The fourth-order valence-corrected chi connectivity index (χ4v) is 2.02. The molecule has 0 radical (unpaired) electrons. The lowest BCUT2D eigenvalue weighted by atomic mass is 9.92. The Labute approximate surface area is 128 Å². The summed E-state index contributed by atoms with van der Waals surface area (Å²) in [5, 5.41) is 13.7. The molecule has 0 heterocycles. The Morgan fingerprint density at radius 2 is 1.90 bits per heavy atom. The van der Waals surface area contributed by atoms with Crippen molar-refractivity contribution in [3.8, 4) is 5.75 Å². The largest absolute Gasteiger partial charge is 0.496 e. The first-order chi connectivity index (χ1) is 9.81. The molecule has 2 N–H and O–H groups in total. The Morgan fingerprint density at radius 1 is 1.24 bits per heavy atom. The van der Waals surface area contributed by atoms with Crippen molar-refractivity contribution in [1.82, 2.24) is 5.32 Å². The van der Waals surface area contributed by atoms with Crippen molar-refractivity contribution < 1.29 is 14.6 Å². The maximum Gasteiger partial charge on any atom is 0.124 e. The lowest BCUT2D eigenvalue weighted by Gasteiger charge is -2.30. The number of benzene rings is 1. The van der Waals surface area contributed by atoms with E-state index in [0.717, 1.165) is 16.9 Å². The Bertz CT molecular complexity index is 444. The molecule has 120 valence electrons. The summed E-state index contributed by atoms with van der Waals surface area (Å²) in [6.07, 6.45) is 0. The summed E-state index contributed by atoms with van der Waals surface area (Å²) in [7, 11) is 3.34. The van der Waals surface area contributed by atoms with E-state index < -0.39 is 5.60 Å². The van der Waals surface area contributed by atoms with E-state index in [0.29, 0.717) is 13.2 Å². The minimum Gasteiger partial charge on any atom is -0.496 e. The van der Waals surface area contributed by atoms with Gasteiger partial charge in [-0.1, -0.05) is 19.9 Å². The van der Waals surface area contributed by atoms with Crippen LogP contribution >= 0.6 is 0 Å². The topological polar surface area (TPSA) is 50.7 Å². The molecule has 0 bridgehead atoms. The molecule has 0 spiro atoms. The van der Waals surface area contributed by atoms with Crippen LogP contribution in [0.25, 0.3) is 0 Å². The molecule has 0 aliphatic heterocycles. The van der Waals surface area contributed by atoms with Gasteiger partial charge in [-0.3, -0.25) is 0 Å². The molecule has 0 amide bonds. The predicted molar refractivity (Wildman–Crippen MR) is 85.6 cm³/mol. The van der Waals surface area contributed by atoms with Crippen molar-refractivity contribution in [2.45, 2.75) is 45.9 Å². The van der Waals surface area contributed by atoms with Crippen LogP contribution in [-0.4, -0.2) is 31.5 Å². The van der Waals surface area contributed by atoms with E-state index in [1.54, 1.807) is 14.2 Å². The molecule has 2 atom stereocenters. The molecule has 0 saturated carbocycles. The van der Waals surface area contributed by atoms with Crippen LogP contribution in [0.1, 0.15) is 44.9 Å². The van der Waals surface area contributed by atoms with Crippen molar-refractivity contribution >= 4 is 0 Å². The molecular formula is C17H29NO3. The van der Waals surface area contributed by atoms with Crippen molar-refractivity contribution in [2.24, 2.45) is 5.92 Å². The lowest BCUT2D eigenvalue weighted by Crippen LogP contribution is -2.42. The lowest BCUT2D eigenvalue weighted by molar-refractivity contribution is 0.0122. The highest BCUT2D eigenvalue weighted by Gasteiger charge is 2.25. The maximum atomic E-state index is 10.3. The molecule has 21 heavy (non-hydrogen) atoms. The van der Waals surface area contributed by atoms with E-state index in [9.17, 15) is 5.11 Å². The first kappa shape index (κ1) is 18.0. The summed E-state index contributed by atoms with van der Waals surface area (Å²) >= 11 is 0. The van der Waals surface area contributed by atoms with E-state index in [-0.39, 0.29) is 12.0 Å². The summed E-state index contributed by atoms with van der Waals surface area (Å²) in [6, 6.07) is 6.24. The van der Waals surface area contributed by atoms with E-state index in [1.165, 1.54) is 0 Å². The van der Waals surface area contributed by atoms with Gasteiger partial charge in [0.15, 0.2) is 0 Å². The fraction of sp³-hybridized carbons (Fsp3) is 0.647. The van der Waals surface area contributed by atoms with E-state index in [4.69, 9.17) is 9.47 Å². The number of rotatable bonds is 8. The summed E-state index contributed by atoms with van der Waals surface area (Å²) in [5.41, 5.74) is 1.47. The van der Waals surface area contributed by atoms with Crippen LogP contribution < -0.4 is 10.1 Å². The number of methoxy groups -OCH3 is 2. The number of nitrogens with one attached hydrogen (secondary N) is 1. The Morgan fingerprint density at radius 3 is 2.43 bits per heavy atom. The maximum absolute atomic E-state index is 10.3. The van der Waals surface area contributed by atoms with Crippen molar-refractivity contribution in [3.05, 3.63) is 29.3 Å². The SMILES string of the molecule is COCc1cc(C(C)NCC(C)(O)C(C)C)ccc1OC. The Hall–Kier alpha value is -1.10. The molecule has 0 aliphatic carbocycles. The second-order valence-electron chi connectivity index (χ2n) is 6.12. The van der Waals surface area contributed by atoms with E-state index in [1.807, 2.05) is 32.9 Å². The van der Waals surface area contributed by atoms with Gasteiger partial charge >= 0.3 is 0 Å². The molecule has 0 aliphatic rings. The zero-order valence-corrected chi connectivity index (χ0v) is 14.1. The van der Waals surface area contributed by atoms with Gasteiger partial charge in [0.25, 0.3) is 0 Å². The normalized spacial score (nSPS) is 15.8. The van der Waals surface area contributed by atoms with Crippen LogP contribution in [0.3, 0.4) is 0 Å². The highest BCUT2D eigenvalue weighted by atomic mass is 16.5. The van der Waals surface area contributed by atoms with Crippen molar-refractivity contribution in [2.75, 3.05) is 20.8 Å². The quantitative estimate of drug-likeness (QED) is 0.774. The number of hydrogen-bond acceptors (Lipinski definition) is 4. The Balaban J connectivity index is 2.78. The minimum atomic E-state index is -0.712. The molecule has 1 aromatic carbocycles. The zero-order valence-electron chi connectivity index (χ0n) is 14.1. The molecule has 1 rings (SSSR count).